The maximum atomic E-state index is 11.5. The quantitative estimate of drug-likeness (QED) is 0.486. The van der Waals surface area contributed by atoms with Gasteiger partial charge in [0.05, 0.1) is 0 Å². The van der Waals surface area contributed by atoms with Crippen molar-refractivity contribution < 1.29 is 4.79 Å². The molecule has 15 heavy (non-hydrogen) atoms. The van der Waals surface area contributed by atoms with Crippen LogP contribution in [0.3, 0.4) is 0 Å². The maximum Gasteiger partial charge on any atom is 0.222 e. The number of amides is 1. The molecule has 0 aromatic heterocycles. The molecule has 0 heterocycles. The Kier molecular flexibility index (Phi) is 7.24. The van der Waals surface area contributed by atoms with E-state index in [9.17, 15) is 4.79 Å². The van der Waals surface area contributed by atoms with Crippen LogP contribution in [0.2, 0.25) is 0 Å². The molecule has 0 unspecified atom stereocenters. The Bertz CT molecular complexity index is 267. The number of hydrogen-bond acceptors (Lipinski definition) is 2. The van der Waals surface area contributed by atoms with Gasteiger partial charge >= 0.3 is 0 Å². The first kappa shape index (κ1) is 13.6. The summed E-state index contributed by atoms with van der Waals surface area (Å²) in [6.07, 6.45) is 6.61. The van der Waals surface area contributed by atoms with Gasteiger partial charge in [-0.05, 0) is 25.0 Å². The van der Waals surface area contributed by atoms with Gasteiger partial charge in [0, 0.05) is 33.3 Å². The predicted molar refractivity (Wildman–Crippen MR) is 65.2 cm³/mol. The summed E-state index contributed by atoms with van der Waals surface area (Å²) in [5, 5.41) is 0. The normalized spacial score (nSPS) is 11.8. The van der Waals surface area contributed by atoms with Crippen molar-refractivity contribution in [1.29, 1.82) is 0 Å². The van der Waals surface area contributed by atoms with Gasteiger partial charge in [0.25, 0.3) is 0 Å². The highest BCUT2D eigenvalue weighted by atomic mass is 16.2. The molecule has 0 bridgehead atoms. The van der Waals surface area contributed by atoms with Gasteiger partial charge in [-0.15, -0.1) is 0 Å². The van der Waals surface area contributed by atoms with Crippen LogP contribution < -0.4 is 0 Å². The molecule has 0 saturated heterocycles. The molecule has 0 N–H and O–H groups in total. The van der Waals surface area contributed by atoms with E-state index >= 15 is 0 Å². The summed E-state index contributed by atoms with van der Waals surface area (Å²) in [5.41, 5.74) is 1.04. The molecule has 0 rings (SSSR count). The highest BCUT2D eigenvalue weighted by molar-refractivity contribution is 5.77. The highest BCUT2D eigenvalue weighted by Gasteiger charge is 2.06. The summed E-state index contributed by atoms with van der Waals surface area (Å²) in [5.74, 6) is 0.165. The largest absolute Gasteiger partial charge is 0.346 e. The van der Waals surface area contributed by atoms with Crippen molar-refractivity contribution in [2.45, 2.75) is 19.8 Å². The Hall–Kier alpha value is -1.38. The van der Waals surface area contributed by atoms with Crippen LogP contribution >= 0.6 is 0 Å². The molecule has 0 aromatic carbocycles. The van der Waals surface area contributed by atoms with E-state index in [1.807, 2.05) is 20.0 Å². The molecule has 0 spiro atoms. The fraction of sp³-hybridized carbons (Fsp3) is 0.500. The Labute approximate surface area is 92.2 Å². The molecule has 84 valence electrons. The number of allylic oxidation sites excluding steroid dienone is 3. The van der Waals surface area contributed by atoms with Crippen molar-refractivity contribution >= 4 is 12.1 Å². The van der Waals surface area contributed by atoms with Gasteiger partial charge in [-0.1, -0.05) is 12.7 Å². The summed E-state index contributed by atoms with van der Waals surface area (Å²) in [4.78, 5) is 17.1. The first-order valence-electron chi connectivity index (χ1n) is 5.13. The molecule has 3 heteroatoms. The molecule has 0 atom stereocenters. The van der Waals surface area contributed by atoms with Gasteiger partial charge in [-0.25, -0.2) is 0 Å². The van der Waals surface area contributed by atoms with Gasteiger partial charge < -0.3 is 4.90 Å². The lowest BCUT2D eigenvalue weighted by Crippen LogP contribution is -2.25. The number of carbonyl (C=O) groups excluding carboxylic acids is 1. The predicted octanol–water partition coefficient (Wildman–Crippen LogP) is 2.06. The number of carbonyl (C=O) groups is 1. The fourth-order valence-corrected chi connectivity index (χ4v) is 1.04. The summed E-state index contributed by atoms with van der Waals surface area (Å²) < 4.78 is 0. The van der Waals surface area contributed by atoms with E-state index in [1.165, 1.54) is 0 Å². The minimum atomic E-state index is 0.165. The molecular formula is C12H20N2O. The number of rotatable bonds is 6. The molecule has 0 aliphatic rings. The first-order chi connectivity index (χ1) is 7.15. The molecule has 0 fully saturated rings. The summed E-state index contributed by atoms with van der Waals surface area (Å²) in [6, 6.07) is 0. The minimum Gasteiger partial charge on any atom is -0.346 e. The highest BCUT2D eigenvalue weighted by Crippen LogP contribution is 2.06. The number of hydrogen-bond donors (Lipinski definition) is 0. The average Bonchev–Trinajstić information content (AvgIpc) is 2.27. The van der Waals surface area contributed by atoms with Gasteiger partial charge in [0.2, 0.25) is 5.91 Å². The fourth-order valence-electron chi connectivity index (χ4n) is 1.04. The van der Waals surface area contributed by atoms with E-state index in [0.717, 1.165) is 18.5 Å². The third-order valence-electron chi connectivity index (χ3n) is 2.23. The summed E-state index contributed by atoms with van der Waals surface area (Å²) in [7, 11) is 3.53. The van der Waals surface area contributed by atoms with Crippen LogP contribution in [0.15, 0.2) is 29.3 Å². The summed E-state index contributed by atoms with van der Waals surface area (Å²) >= 11 is 0. The molecule has 1 amide bonds. The van der Waals surface area contributed by atoms with E-state index in [0.29, 0.717) is 6.42 Å². The van der Waals surface area contributed by atoms with Crippen molar-refractivity contribution in [3.8, 4) is 0 Å². The van der Waals surface area contributed by atoms with Crippen LogP contribution in [0, 0.1) is 0 Å². The second-order valence-electron chi connectivity index (χ2n) is 3.26. The SMILES string of the molecule is C=C/C(=C\C=NC)CCC(=O)N(C)CC. The van der Waals surface area contributed by atoms with Crippen LogP contribution in [-0.2, 0) is 4.79 Å². The standard InChI is InChI=1S/C12H20N2O/c1-5-11(9-10-13-3)7-8-12(15)14(4)6-2/h5,9-10H,1,6-8H2,2-4H3/b11-9+,13-10?. The smallest absolute Gasteiger partial charge is 0.222 e. The lowest BCUT2D eigenvalue weighted by Gasteiger charge is -2.14. The topological polar surface area (TPSA) is 32.7 Å². The Balaban J connectivity index is 4.12. The van der Waals surface area contributed by atoms with Crippen molar-refractivity contribution in [3.05, 3.63) is 24.3 Å². The molecular weight excluding hydrogens is 188 g/mol. The van der Waals surface area contributed by atoms with Gasteiger partial charge in [0.1, 0.15) is 0 Å². The zero-order valence-corrected chi connectivity index (χ0v) is 9.86. The minimum absolute atomic E-state index is 0.165. The summed E-state index contributed by atoms with van der Waals surface area (Å²) in [6.45, 7) is 6.42. The van der Waals surface area contributed by atoms with Gasteiger partial charge in [-0.3, -0.25) is 9.79 Å². The lowest BCUT2D eigenvalue weighted by molar-refractivity contribution is -0.129. The van der Waals surface area contributed by atoms with Crippen molar-refractivity contribution in [1.82, 2.24) is 4.90 Å². The number of nitrogens with zero attached hydrogens (tertiary/aromatic N) is 2. The van der Waals surface area contributed by atoms with E-state index in [2.05, 4.69) is 11.6 Å². The second-order valence-corrected chi connectivity index (χ2v) is 3.26. The van der Waals surface area contributed by atoms with E-state index in [1.54, 1.807) is 24.2 Å². The molecule has 0 saturated carbocycles. The zero-order chi connectivity index (χ0) is 11.7. The molecule has 0 aromatic rings. The van der Waals surface area contributed by atoms with E-state index in [-0.39, 0.29) is 5.91 Å². The Morgan fingerprint density at radius 3 is 2.60 bits per heavy atom. The lowest BCUT2D eigenvalue weighted by atomic mass is 10.1. The molecule has 3 nitrogen and oxygen atoms in total. The Morgan fingerprint density at radius 1 is 1.47 bits per heavy atom. The van der Waals surface area contributed by atoms with E-state index in [4.69, 9.17) is 0 Å². The molecule has 0 radical (unpaired) electrons. The molecule has 0 aliphatic carbocycles. The molecule has 0 aliphatic heterocycles. The van der Waals surface area contributed by atoms with Crippen molar-refractivity contribution in [2.75, 3.05) is 20.6 Å². The van der Waals surface area contributed by atoms with Crippen LogP contribution in [0.4, 0.5) is 0 Å². The second kappa shape index (κ2) is 7.97. The van der Waals surface area contributed by atoms with Crippen LogP contribution in [0.1, 0.15) is 19.8 Å². The monoisotopic (exact) mass is 208 g/mol. The zero-order valence-electron chi connectivity index (χ0n) is 9.86. The van der Waals surface area contributed by atoms with Crippen LogP contribution in [0.25, 0.3) is 0 Å². The van der Waals surface area contributed by atoms with Crippen molar-refractivity contribution in [2.24, 2.45) is 4.99 Å². The third-order valence-corrected chi connectivity index (χ3v) is 2.23. The van der Waals surface area contributed by atoms with E-state index < -0.39 is 0 Å². The Morgan fingerprint density at radius 2 is 2.13 bits per heavy atom. The third kappa shape index (κ3) is 5.83. The van der Waals surface area contributed by atoms with Crippen molar-refractivity contribution in [3.63, 3.8) is 0 Å². The maximum absolute atomic E-state index is 11.5. The average molecular weight is 208 g/mol. The van der Waals surface area contributed by atoms with Crippen LogP contribution in [0.5, 0.6) is 0 Å². The van der Waals surface area contributed by atoms with Gasteiger partial charge in [-0.2, -0.15) is 0 Å². The van der Waals surface area contributed by atoms with Gasteiger partial charge in [0.15, 0.2) is 0 Å². The first-order valence-corrected chi connectivity index (χ1v) is 5.13. The number of aliphatic imine (C=N–C) groups is 1. The van der Waals surface area contributed by atoms with Crippen LogP contribution in [-0.4, -0.2) is 37.7 Å².